The molecule has 0 radical (unpaired) electrons. The first-order chi connectivity index (χ1) is 8.09. The molecule has 2 heterocycles. The zero-order chi connectivity index (χ0) is 12.4. The van der Waals surface area contributed by atoms with Gasteiger partial charge in [-0.2, -0.15) is 0 Å². The van der Waals surface area contributed by atoms with E-state index >= 15 is 0 Å². The molecule has 5 heteroatoms. The molecule has 5 nitrogen and oxygen atoms in total. The predicted molar refractivity (Wildman–Crippen MR) is 63.3 cm³/mol. The highest BCUT2D eigenvalue weighted by Gasteiger charge is 2.29. The number of aryl methyl sites for hydroxylation is 2. The van der Waals surface area contributed by atoms with E-state index < -0.39 is 0 Å². The van der Waals surface area contributed by atoms with Gasteiger partial charge in [0.05, 0.1) is 11.6 Å². The van der Waals surface area contributed by atoms with Crippen LogP contribution in [0.15, 0.2) is 4.52 Å². The third-order valence-corrected chi connectivity index (χ3v) is 3.47. The molecular formula is C12H19N3O2. The van der Waals surface area contributed by atoms with Crippen LogP contribution in [0.5, 0.6) is 0 Å². The Balaban J connectivity index is 1.92. The maximum Gasteiger partial charge on any atom is 0.224 e. The van der Waals surface area contributed by atoms with Crippen LogP contribution in [0.1, 0.15) is 23.9 Å². The molecule has 2 unspecified atom stereocenters. The number of nitrogens with one attached hydrogen (secondary N) is 2. The van der Waals surface area contributed by atoms with Gasteiger partial charge in [0.2, 0.25) is 5.91 Å². The fourth-order valence-corrected chi connectivity index (χ4v) is 2.22. The molecule has 0 aliphatic carbocycles. The first-order valence-corrected chi connectivity index (χ1v) is 5.99. The quantitative estimate of drug-likeness (QED) is 0.814. The summed E-state index contributed by atoms with van der Waals surface area (Å²) in [4.78, 5) is 12.0. The van der Waals surface area contributed by atoms with Gasteiger partial charge in [0.25, 0.3) is 0 Å². The van der Waals surface area contributed by atoms with E-state index in [9.17, 15) is 4.79 Å². The summed E-state index contributed by atoms with van der Waals surface area (Å²) >= 11 is 0. The van der Waals surface area contributed by atoms with Crippen molar-refractivity contribution in [1.29, 1.82) is 0 Å². The molecule has 1 amide bonds. The Morgan fingerprint density at radius 1 is 1.53 bits per heavy atom. The van der Waals surface area contributed by atoms with Crippen LogP contribution in [0.4, 0.5) is 0 Å². The number of carbonyl (C=O) groups excluding carboxylic acids is 1. The lowest BCUT2D eigenvalue weighted by atomic mass is 9.97. The molecule has 17 heavy (non-hydrogen) atoms. The summed E-state index contributed by atoms with van der Waals surface area (Å²) in [5.41, 5.74) is 1.83. The van der Waals surface area contributed by atoms with E-state index in [1.165, 1.54) is 0 Å². The van der Waals surface area contributed by atoms with Crippen molar-refractivity contribution in [2.75, 3.05) is 13.1 Å². The summed E-state index contributed by atoms with van der Waals surface area (Å²) in [5, 5.41) is 10.1. The Hall–Kier alpha value is -1.36. The Kier molecular flexibility index (Phi) is 3.47. The molecule has 0 spiro atoms. The number of rotatable bonds is 3. The topological polar surface area (TPSA) is 67.2 Å². The van der Waals surface area contributed by atoms with Crippen LogP contribution in [-0.4, -0.2) is 24.2 Å². The average molecular weight is 237 g/mol. The molecular weight excluding hydrogens is 218 g/mol. The van der Waals surface area contributed by atoms with Crippen molar-refractivity contribution in [3.05, 3.63) is 17.0 Å². The van der Waals surface area contributed by atoms with Crippen molar-refractivity contribution < 1.29 is 9.32 Å². The van der Waals surface area contributed by atoms with Crippen LogP contribution in [0.25, 0.3) is 0 Å². The van der Waals surface area contributed by atoms with Crippen LogP contribution in [-0.2, 0) is 11.3 Å². The van der Waals surface area contributed by atoms with Crippen molar-refractivity contribution in [1.82, 2.24) is 15.8 Å². The number of amides is 1. The minimum Gasteiger partial charge on any atom is -0.361 e. The van der Waals surface area contributed by atoms with E-state index in [4.69, 9.17) is 4.52 Å². The molecule has 0 bridgehead atoms. The van der Waals surface area contributed by atoms with E-state index in [-0.39, 0.29) is 11.8 Å². The third-order valence-electron chi connectivity index (χ3n) is 3.47. The van der Waals surface area contributed by atoms with E-state index in [2.05, 4.69) is 22.7 Å². The summed E-state index contributed by atoms with van der Waals surface area (Å²) in [5.74, 6) is 1.37. The van der Waals surface area contributed by atoms with Gasteiger partial charge in [-0.25, -0.2) is 0 Å². The Labute approximate surface area is 101 Å². The van der Waals surface area contributed by atoms with Crippen LogP contribution < -0.4 is 10.6 Å². The zero-order valence-corrected chi connectivity index (χ0v) is 10.5. The van der Waals surface area contributed by atoms with Crippen LogP contribution in [0, 0.1) is 25.7 Å². The van der Waals surface area contributed by atoms with E-state index in [1.807, 2.05) is 13.8 Å². The van der Waals surface area contributed by atoms with Crippen molar-refractivity contribution in [3.63, 3.8) is 0 Å². The van der Waals surface area contributed by atoms with Crippen LogP contribution in [0.3, 0.4) is 0 Å². The minimum absolute atomic E-state index is 0.0791. The number of nitrogens with zero attached hydrogens (tertiary/aromatic N) is 1. The number of hydrogen-bond donors (Lipinski definition) is 2. The average Bonchev–Trinajstić information content (AvgIpc) is 2.84. The van der Waals surface area contributed by atoms with E-state index in [1.54, 1.807) is 0 Å². The lowest BCUT2D eigenvalue weighted by molar-refractivity contribution is -0.125. The molecule has 0 aromatic carbocycles. The fourth-order valence-electron chi connectivity index (χ4n) is 2.22. The lowest BCUT2D eigenvalue weighted by Gasteiger charge is -2.13. The van der Waals surface area contributed by atoms with Crippen molar-refractivity contribution in [3.8, 4) is 0 Å². The van der Waals surface area contributed by atoms with Crippen molar-refractivity contribution in [2.24, 2.45) is 11.8 Å². The third kappa shape index (κ3) is 2.49. The van der Waals surface area contributed by atoms with Gasteiger partial charge in [-0.05, 0) is 26.3 Å². The van der Waals surface area contributed by atoms with Gasteiger partial charge in [0, 0.05) is 18.7 Å². The van der Waals surface area contributed by atoms with Gasteiger partial charge in [0.15, 0.2) is 0 Å². The number of hydrogen-bond acceptors (Lipinski definition) is 4. The first-order valence-electron chi connectivity index (χ1n) is 5.99. The van der Waals surface area contributed by atoms with Gasteiger partial charge in [-0.3, -0.25) is 4.79 Å². The largest absolute Gasteiger partial charge is 0.361 e. The molecule has 1 aliphatic rings. The van der Waals surface area contributed by atoms with Gasteiger partial charge in [0.1, 0.15) is 5.76 Å². The molecule has 1 aliphatic heterocycles. The summed E-state index contributed by atoms with van der Waals surface area (Å²) < 4.78 is 5.06. The second kappa shape index (κ2) is 4.87. The molecule has 1 aromatic heterocycles. The molecule has 1 fully saturated rings. The maximum atomic E-state index is 12.0. The van der Waals surface area contributed by atoms with Crippen LogP contribution >= 0.6 is 0 Å². The molecule has 1 saturated heterocycles. The van der Waals surface area contributed by atoms with Gasteiger partial charge in [-0.1, -0.05) is 12.1 Å². The molecule has 2 atom stereocenters. The highest BCUT2D eigenvalue weighted by atomic mass is 16.5. The maximum absolute atomic E-state index is 12.0. The van der Waals surface area contributed by atoms with E-state index in [0.29, 0.717) is 12.5 Å². The highest BCUT2D eigenvalue weighted by molar-refractivity contribution is 5.79. The van der Waals surface area contributed by atoms with Gasteiger partial charge < -0.3 is 15.2 Å². The Bertz CT molecular complexity index is 394. The molecule has 94 valence electrons. The second-order valence-corrected chi connectivity index (χ2v) is 4.76. The van der Waals surface area contributed by atoms with Crippen molar-refractivity contribution >= 4 is 5.91 Å². The SMILES string of the molecule is Cc1noc(C)c1CNC(=O)C1CNCC1C. The fraction of sp³-hybridized carbons (Fsp3) is 0.667. The normalized spacial score (nSPS) is 23.9. The van der Waals surface area contributed by atoms with E-state index in [0.717, 1.165) is 30.1 Å². The number of carbonyl (C=O) groups is 1. The Morgan fingerprint density at radius 3 is 2.82 bits per heavy atom. The Morgan fingerprint density at radius 2 is 2.29 bits per heavy atom. The molecule has 2 rings (SSSR count). The zero-order valence-electron chi connectivity index (χ0n) is 10.5. The summed E-state index contributed by atoms with van der Waals surface area (Å²) in [6.45, 7) is 8.04. The molecule has 0 saturated carbocycles. The number of aromatic nitrogens is 1. The minimum atomic E-state index is 0.0791. The monoisotopic (exact) mass is 237 g/mol. The summed E-state index contributed by atoms with van der Waals surface area (Å²) in [7, 11) is 0. The van der Waals surface area contributed by atoms with Crippen molar-refractivity contribution in [2.45, 2.75) is 27.3 Å². The smallest absolute Gasteiger partial charge is 0.224 e. The standard InChI is InChI=1S/C12H19N3O2/c1-7-4-13-5-10(7)12(16)14-6-11-8(2)15-17-9(11)3/h7,10,13H,4-6H2,1-3H3,(H,14,16). The second-order valence-electron chi connectivity index (χ2n) is 4.76. The summed E-state index contributed by atoms with van der Waals surface area (Å²) in [6, 6.07) is 0. The highest BCUT2D eigenvalue weighted by Crippen LogP contribution is 2.17. The van der Waals surface area contributed by atoms with Crippen LogP contribution in [0.2, 0.25) is 0 Å². The molecule has 1 aromatic rings. The summed E-state index contributed by atoms with van der Waals surface area (Å²) in [6.07, 6.45) is 0. The predicted octanol–water partition coefficient (Wildman–Crippen LogP) is 0.763. The lowest BCUT2D eigenvalue weighted by Crippen LogP contribution is -2.34. The first kappa shape index (κ1) is 12.1. The molecule has 2 N–H and O–H groups in total. The van der Waals surface area contributed by atoms with Gasteiger partial charge in [-0.15, -0.1) is 0 Å². The van der Waals surface area contributed by atoms with Gasteiger partial charge >= 0.3 is 0 Å².